The number of thiophene rings is 1. The number of ether oxygens (including phenoxy) is 1. The molecule has 2 aromatic rings. The molecule has 2 aromatic heterocycles. The molecule has 6 nitrogen and oxygen atoms in total. The summed E-state index contributed by atoms with van der Waals surface area (Å²) in [6.45, 7) is 3.87. The van der Waals surface area contributed by atoms with Gasteiger partial charge >= 0.3 is 5.97 Å². The van der Waals surface area contributed by atoms with E-state index in [0.717, 1.165) is 15.2 Å². The van der Waals surface area contributed by atoms with Crippen LogP contribution in [0.25, 0.3) is 10.2 Å². The number of likely N-dealkylation sites (N-methyl/N-ethyl adjacent to an activating group) is 1. The number of hydrogen-bond donors (Lipinski definition) is 1. The van der Waals surface area contributed by atoms with Crippen LogP contribution in [0.5, 0.6) is 0 Å². The number of nitrogens with one attached hydrogen (secondary N) is 1. The van der Waals surface area contributed by atoms with Crippen LogP contribution in [0.4, 0.5) is 0 Å². The Kier molecular flexibility index (Phi) is 5.51. The van der Waals surface area contributed by atoms with Crippen molar-refractivity contribution in [1.82, 2.24) is 15.3 Å². The van der Waals surface area contributed by atoms with E-state index in [2.05, 4.69) is 15.3 Å². The highest BCUT2D eigenvalue weighted by molar-refractivity contribution is 8.00. The second-order valence-electron chi connectivity index (χ2n) is 4.13. The van der Waals surface area contributed by atoms with Crippen molar-refractivity contribution < 1.29 is 14.3 Å². The van der Waals surface area contributed by atoms with E-state index in [-0.39, 0.29) is 11.7 Å². The van der Waals surface area contributed by atoms with E-state index in [4.69, 9.17) is 4.74 Å². The Balaban J connectivity index is 1.89. The minimum Gasteiger partial charge on any atom is -0.452 e. The second-order valence-corrected chi connectivity index (χ2v) is 5.99. The fraction of sp³-hybridized carbons (Fsp3) is 0.385. The number of aromatic nitrogens is 2. The fourth-order valence-electron chi connectivity index (χ4n) is 1.61. The molecule has 2 heterocycles. The molecule has 0 bridgehead atoms. The van der Waals surface area contributed by atoms with Crippen molar-refractivity contribution in [3.8, 4) is 0 Å². The molecule has 8 heteroatoms. The maximum absolute atomic E-state index is 11.7. The van der Waals surface area contributed by atoms with E-state index in [0.29, 0.717) is 6.54 Å². The number of thioether (sulfide) groups is 1. The lowest BCUT2D eigenvalue weighted by molar-refractivity contribution is -0.152. The Labute approximate surface area is 130 Å². The van der Waals surface area contributed by atoms with Gasteiger partial charge in [-0.15, -0.1) is 11.3 Å². The zero-order valence-corrected chi connectivity index (χ0v) is 13.3. The predicted molar refractivity (Wildman–Crippen MR) is 82.4 cm³/mol. The van der Waals surface area contributed by atoms with Crippen molar-refractivity contribution in [2.45, 2.75) is 25.0 Å². The Bertz CT molecular complexity index is 644. The van der Waals surface area contributed by atoms with Gasteiger partial charge in [0, 0.05) is 11.9 Å². The zero-order chi connectivity index (χ0) is 15.2. The van der Waals surface area contributed by atoms with Gasteiger partial charge in [0.25, 0.3) is 5.91 Å². The van der Waals surface area contributed by atoms with Gasteiger partial charge in [0.2, 0.25) is 0 Å². The van der Waals surface area contributed by atoms with Crippen LogP contribution in [0.2, 0.25) is 0 Å². The molecule has 2 rings (SSSR count). The molecule has 1 atom stereocenters. The van der Waals surface area contributed by atoms with Gasteiger partial charge in [0.15, 0.2) is 6.10 Å². The number of nitrogens with zero attached hydrogens (tertiary/aromatic N) is 2. The molecule has 112 valence electrons. The first-order chi connectivity index (χ1) is 10.1. The molecule has 21 heavy (non-hydrogen) atoms. The number of rotatable bonds is 6. The lowest BCUT2D eigenvalue weighted by atomic mass is 10.4. The lowest BCUT2D eigenvalue weighted by Crippen LogP contribution is -2.35. The van der Waals surface area contributed by atoms with Gasteiger partial charge in [-0.25, -0.2) is 9.97 Å². The molecular weight excluding hydrogens is 310 g/mol. The van der Waals surface area contributed by atoms with Gasteiger partial charge in [-0.05, 0) is 25.3 Å². The number of amides is 1. The first-order valence-electron chi connectivity index (χ1n) is 6.40. The lowest BCUT2D eigenvalue weighted by Gasteiger charge is -2.12. The topological polar surface area (TPSA) is 81.2 Å². The summed E-state index contributed by atoms with van der Waals surface area (Å²) in [5, 5.41) is 6.20. The van der Waals surface area contributed by atoms with E-state index in [9.17, 15) is 9.59 Å². The Morgan fingerprint density at radius 2 is 2.29 bits per heavy atom. The summed E-state index contributed by atoms with van der Waals surface area (Å²) in [7, 11) is 0. The van der Waals surface area contributed by atoms with Crippen LogP contribution < -0.4 is 5.32 Å². The standard InChI is InChI=1S/C13H15N3O3S2/c1-3-14-11(18)8(2)19-10(17)6-21-13-9-4-5-20-12(9)15-7-16-13/h4-5,7-8H,3,6H2,1-2H3,(H,14,18)/t8-/m1/s1. The number of hydrogen-bond acceptors (Lipinski definition) is 7. The van der Waals surface area contributed by atoms with Crippen molar-refractivity contribution in [2.75, 3.05) is 12.3 Å². The zero-order valence-electron chi connectivity index (χ0n) is 11.7. The summed E-state index contributed by atoms with van der Waals surface area (Å²) in [5.74, 6) is -0.634. The quantitative estimate of drug-likeness (QED) is 0.496. The van der Waals surface area contributed by atoms with Gasteiger partial charge in [0.1, 0.15) is 16.2 Å². The average molecular weight is 325 g/mol. The van der Waals surface area contributed by atoms with Crippen LogP contribution in [0.3, 0.4) is 0 Å². The first-order valence-corrected chi connectivity index (χ1v) is 8.26. The van der Waals surface area contributed by atoms with E-state index < -0.39 is 12.1 Å². The van der Waals surface area contributed by atoms with Gasteiger partial charge in [-0.1, -0.05) is 11.8 Å². The normalized spacial score (nSPS) is 12.1. The number of carbonyl (C=O) groups is 2. The van der Waals surface area contributed by atoms with E-state index in [1.54, 1.807) is 6.92 Å². The molecule has 1 amide bonds. The number of carbonyl (C=O) groups excluding carboxylic acids is 2. The molecule has 0 spiro atoms. The monoisotopic (exact) mass is 325 g/mol. The van der Waals surface area contributed by atoms with Crippen LogP contribution in [0.15, 0.2) is 22.8 Å². The van der Waals surface area contributed by atoms with Gasteiger partial charge in [-0.3, -0.25) is 9.59 Å². The molecule has 0 saturated heterocycles. The number of fused-ring (bicyclic) bond motifs is 1. The van der Waals surface area contributed by atoms with Crippen molar-refractivity contribution in [3.63, 3.8) is 0 Å². The summed E-state index contributed by atoms with van der Waals surface area (Å²) in [4.78, 5) is 32.4. The molecule has 0 saturated carbocycles. The van der Waals surface area contributed by atoms with Gasteiger partial charge in [0.05, 0.1) is 5.75 Å². The molecule has 1 N–H and O–H groups in total. The maximum atomic E-state index is 11.7. The highest BCUT2D eigenvalue weighted by atomic mass is 32.2. The molecule has 0 radical (unpaired) electrons. The number of esters is 1. The third kappa shape index (κ3) is 4.15. The van der Waals surface area contributed by atoms with Gasteiger partial charge < -0.3 is 10.1 Å². The second kappa shape index (κ2) is 7.37. The van der Waals surface area contributed by atoms with Crippen LogP contribution in [-0.2, 0) is 14.3 Å². The Hall–Kier alpha value is -1.67. The molecular formula is C13H15N3O3S2. The van der Waals surface area contributed by atoms with Crippen LogP contribution in [-0.4, -0.2) is 40.2 Å². The fourth-order valence-corrected chi connectivity index (χ4v) is 3.17. The van der Waals surface area contributed by atoms with Crippen molar-refractivity contribution in [2.24, 2.45) is 0 Å². The average Bonchev–Trinajstić information content (AvgIpc) is 2.94. The Morgan fingerprint density at radius 1 is 1.48 bits per heavy atom. The summed E-state index contributed by atoms with van der Waals surface area (Å²) >= 11 is 2.80. The van der Waals surface area contributed by atoms with E-state index in [1.165, 1.54) is 29.4 Å². The van der Waals surface area contributed by atoms with Gasteiger partial charge in [-0.2, -0.15) is 0 Å². The van der Waals surface area contributed by atoms with Crippen molar-refractivity contribution in [1.29, 1.82) is 0 Å². The molecule has 0 aromatic carbocycles. The van der Waals surface area contributed by atoms with Crippen LogP contribution in [0, 0.1) is 0 Å². The molecule has 0 fully saturated rings. The molecule has 0 aliphatic heterocycles. The Morgan fingerprint density at radius 3 is 3.05 bits per heavy atom. The molecule has 0 unspecified atom stereocenters. The van der Waals surface area contributed by atoms with Crippen LogP contribution >= 0.6 is 23.1 Å². The summed E-state index contributed by atoms with van der Waals surface area (Å²) < 4.78 is 5.07. The highest BCUT2D eigenvalue weighted by Crippen LogP contribution is 2.27. The third-order valence-corrected chi connectivity index (χ3v) is 4.38. The van der Waals surface area contributed by atoms with Crippen LogP contribution in [0.1, 0.15) is 13.8 Å². The third-order valence-electron chi connectivity index (χ3n) is 2.58. The minimum atomic E-state index is -0.787. The minimum absolute atomic E-state index is 0.103. The van der Waals surface area contributed by atoms with E-state index in [1.807, 2.05) is 18.4 Å². The van der Waals surface area contributed by atoms with E-state index >= 15 is 0 Å². The SMILES string of the molecule is CCNC(=O)[C@@H](C)OC(=O)CSc1ncnc2sccc12. The summed E-state index contributed by atoms with van der Waals surface area (Å²) in [6.07, 6.45) is 0.689. The smallest absolute Gasteiger partial charge is 0.317 e. The molecule has 0 aliphatic rings. The largest absolute Gasteiger partial charge is 0.452 e. The highest BCUT2D eigenvalue weighted by Gasteiger charge is 2.17. The first kappa shape index (κ1) is 15.7. The van der Waals surface area contributed by atoms with Crippen molar-refractivity contribution in [3.05, 3.63) is 17.8 Å². The molecule has 0 aliphatic carbocycles. The van der Waals surface area contributed by atoms with Crippen molar-refractivity contribution >= 4 is 45.2 Å². The summed E-state index contributed by atoms with van der Waals surface area (Å²) in [5.41, 5.74) is 0. The maximum Gasteiger partial charge on any atom is 0.317 e. The summed E-state index contributed by atoms with van der Waals surface area (Å²) in [6, 6.07) is 1.92. The predicted octanol–water partition coefficient (Wildman–Crippen LogP) is 1.85.